The van der Waals surface area contributed by atoms with Gasteiger partial charge in [-0.2, -0.15) is 0 Å². The molecule has 0 aliphatic heterocycles. The summed E-state index contributed by atoms with van der Waals surface area (Å²) in [4.78, 5) is 15.2. The van der Waals surface area contributed by atoms with E-state index in [-0.39, 0.29) is 5.91 Å². The Labute approximate surface area is 130 Å². The van der Waals surface area contributed by atoms with Gasteiger partial charge in [0.15, 0.2) is 0 Å². The molecule has 0 spiro atoms. The van der Waals surface area contributed by atoms with Crippen LogP contribution in [-0.4, -0.2) is 17.4 Å². The molecular formula is C19H20N2O. The standard InChI is InChI=1S/C19H20N2O/c1-14-2-4-15(5-3-14)8-10-21-19(22)13-16-6-7-18-17(12-16)9-11-20-18/h2-7,9,11-12,20H,8,10,13H2,1H3,(H,21,22). The Hall–Kier alpha value is -2.55. The normalized spacial score (nSPS) is 10.8. The number of fused-ring (bicyclic) bond motifs is 1. The van der Waals surface area contributed by atoms with Gasteiger partial charge in [0.25, 0.3) is 0 Å². The van der Waals surface area contributed by atoms with Gasteiger partial charge < -0.3 is 10.3 Å². The van der Waals surface area contributed by atoms with Crippen molar-refractivity contribution in [1.29, 1.82) is 0 Å². The highest BCUT2D eigenvalue weighted by molar-refractivity contribution is 5.83. The third kappa shape index (κ3) is 3.55. The number of aromatic nitrogens is 1. The highest BCUT2D eigenvalue weighted by Crippen LogP contribution is 2.14. The maximum atomic E-state index is 12.0. The fraction of sp³-hybridized carbons (Fsp3) is 0.211. The van der Waals surface area contributed by atoms with Gasteiger partial charge in [-0.3, -0.25) is 4.79 Å². The van der Waals surface area contributed by atoms with E-state index in [0.29, 0.717) is 13.0 Å². The maximum Gasteiger partial charge on any atom is 0.224 e. The smallest absolute Gasteiger partial charge is 0.224 e. The monoisotopic (exact) mass is 292 g/mol. The van der Waals surface area contributed by atoms with Gasteiger partial charge in [-0.15, -0.1) is 0 Å². The number of aryl methyl sites for hydroxylation is 1. The van der Waals surface area contributed by atoms with E-state index < -0.39 is 0 Å². The van der Waals surface area contributed by atoms with Gasteiger partial charge in [0.2, 0.25) is 5.91 Å². The summed E-state index contributed by atoms with van der Waals surface area (Å²) in [6.45, 7) is 2.75. The van der Waals surface area contributed by atoms with E-state index in [0.717, 1.165) is 22.9 Å². The summed E-state index contributed by atoms with van der Waals surface area (Å²) in [7, 11) is 0. The van der Waals surface area contributed by atoms with Crippen molar-refractivity contribution in [3.8, 4) is 0 Å². The molecule has 3 rings (SSSR count). The average Bonchev–Trinajstić information content (AvgIpc) is 2.97. The molecule has 1 amide bonds. The molecule has 1 aromatic heterocycles. The van der Waals surface area contributed by atoms with Crippen LogP contribution in [0.4, 0.5) is 0 Å². The molecule has 0 unspecified atom stereocenters. The predicted octanol–water partition coefficient (Wildman–Crippen LogP) is 3.38. The van der Waals surface area contributed by atoms with Crippen LogP contribution < -0.4 is 5.32 Å². The molecule has 2 N–H and O–H groups in total. The Morgan fingerprint density at radius 2 is 1.82 bits per heavy atom. The van der Waals surface area contributed by atoms with Crippen molar-refractivity contribution in [1.82, 2.24) is 10.3 Å². The first-order valence-electron chi connectivity index (χ1n) is 7.59. The molecule has 0 saturated heterocycles. The van der Waals surface area contributed by atoms with Crippen molar-refractivity contribution in [2.75, 3.05) is 6.54 Å². The zero-order valence-corrected chi connectivity index (χ0v) is 12.7. The Kier molecular flexibility index (Phi) is 4.24. The first-order chi connectivity index (χ1) is 10.7. The highest BCUT2D eigenvalue weighted by atomic mass is 16.1. The zero-order chi connectivity index (χ0) is 15.4. The van der Waals surface area contributed by atoms with Crippen molar-refractivity contribution >= 4 is 16.8 Å². The Morgan fingerprint density at radius 1 is 1.05 bits per heavy atom. The van der Waals surface area contributed by atoms with Gasteiger partial charge in [-0.05, 0) is 48.1 Å². The zero-order valence-electron chi connectivity index (χ0n) is 12.7. The second-order valence-electron chi connectivity index (χ2n) is 5.66. The fourth-order valence-corrected chi connectivity index (χ4v) is 2.56. The lowest BCUT2D eigenvalue weighted by Gasteiger charge is -2.06. The highest BCUT2D eigenvalue weighted by Gasteiger charge is 2.04. The van der Waals surface area contributed by atoms with Crippen LogP contribution in [-0.2, 0) is 17.6 Å². The molecule has 3 nitrogen and oxygen atoms in total. The molecule has 0 saturated carbocycles. The molecule has 0 atom stereocenters. The molecule has 3 heteroatoms. The van der Waals surface area contributed by atoms with Crippen LogP contribution in [0.15, 0.2) is 54.7 Å². The minimum absolute atomic E-state index is 0.0713. The van der Waals surface area contributed by atoms with E-state index >= 15 is 0 Å². The van der Waals surface area contributed by atoms with Gasteiger partial charge in [0, 0.05) is 18.3 Å². The predicted molar refractivity (Wildman–Crippen MR) is 89.9 cm³/mol. The summed E-state index contributed by atoms with van der Waals surface area (Å²) >= 11 is 0. The summed E-state index contributed by atoms with van der Waals surface area (Å²) in [5, 5.41) is 4.13. The van der Waals surface area contributed by atoms with Crippen LogP contribution >= 0.6 is 0 Å². The first-order valence-corrected chi connectivity index (χ1v) is 7.59. The maximum absolute atomic E-state index is 12.0. The quantitative estimate of drug-likeness (QED) is 0.744. The number of H-pyrrole nitrogens is 1. The number of aromatic amines is 1. The lowest BCUT2D eigenvalue weighted by Crippen LogP contribution is -2.27. The van der Waals surface area contributed by atoms with Gasteiger partial charge >= 0.3 is 0 Å². The van der Waals surface area contributed by atoms with Crippen LogP contribution in [0.2, 0.25) is 0 Å². The van der Waals surface area contributed by atoms with Crippen LogP contribution in [0.1, 0.15) is 16.7 Å². The van der Waals surface area contributed by atoms with Crippen LogP contribution in [0.5, 0.6) is 0 Å². The van der Waals surface area contributed by atoms with Crippen LogP contribution in [0.25, 0.3) is 10.9 Å². The van der Waals surface area contributed by atoms with Crippen molar-refractivity contribution in [2.45, 2.75) is 19.8 Å². The Bertz CT molecular complexity index is 771. The third-order valence-electron chi connectivity index (χ3n) is 3.84. The Morgan fingerprint density at radius 3 is 2.64 bits per heavy atom. The molecule has 0 aliphatic carbocycles. The van der Waals surface area contributed by atoms with E-state index in [9.17, 15) is 4.79 Å². The molecule has 0 bridgehead atoms. The summed E-state index contributed by atoms with van der Waals surface area (Å²) in [6, 6.07) is 16.5. The minimum atomic E-state index is 0.0713. The summed E-state index contributed by atoms with van der Waals surface area (Å²) in [5.41, 5.74) is 4.65. The molecule has 2 aromatic carbocycles. The van der Waals surface area contributed by atoms with Gasteiger partial charge in [-0.1, -0.05) is 35.9 Å². The van der Waals surface area contributed by atoms with Crippen LogP contribution in [0.3, 0.4) is 0 Å². The van der Waals surface area contributed by atoms with E-state index in [2.05, 4.69) is 47.6 Å². The SMILES string of the molecule is Cc1ccc(CCNC(=O)Cc2ccc3[nH]ccc3c2)cc1. The third-order valence-corrected chi connectivity index (χ3v) is 3.84. The second-order valence-corrected chi connectivity index (χ2v) is 5.66. The van der Waals surface area contributed by atoms with Crippen molar-refractivity contribution in [2.24, 2.45) is 0 Å². The molecule has 0 radical (unpaired) electrons. The first kappa shape index (κ1) is 14.4. The lowest BCUT2D eigenvalue weighted by molar-refractivity contribution is -0.120. The number of benzene rings is 2. The van der Waals surface area contributed by atoms with Gasteiger partial charge in [0.05, 0.1) is 6.42 Å². The molecule has 1 heterocycles. The van der Waals surface area contributed by atoms with Gasteiger partial charge in [0.1, 0.15) is 0 Å². The van der Waals surface area contributed by atoms with E-state index in [1.54, 1.807) is 0 Å². The largest absolute Gasteiger partial charge is 0.361 e. The number of carbonyl (C=O) groups is 1. The van der Waals surface area contributed by atoms with Crippen molar-refractivity contribution in [3.63, 3.8) is 0 Å². The lowest BCUT2D eigenvalue weighted by atomic mass is 10.1. The average molecular weight is 292 g/mol. The topological polar surface area (TPSA) is 44.9 Å². The molecule has 0 aliphatic rings. The minimum Gasteiger partial charge on any atom is -0.361 e. The summed E-state index contributed by atoms with van der Waals surface area (Å²) in [5.74, 6) is 0.0713. The van der Waals surface area contributed by atoms with Crippen LogP contribution in [0, 0.1) is 6.92 Å². The molecule has 112 valence electrons. The number of nitrogens with one attached hydrogen (secondary N) is 2. The summed E-state index contributed by atoms with van der Waals surface area (Å²) < 4.78 is 0. The van der Waals surface area contributed by atoms with E-state index in [4.69, 9.17) is 0 Å². The van der Waals surface area contributed by atoms with E-state index in [1.165, 1.54) is 11.1 Å². The van der Waals surface area contributed by atoms with Gasteiger partial charge in [-0.25, -0.2) is 0 Å². The number of hydrogen-bond donors (Lipinski definition) is 2. The molecule has 0 fully saturated rings. The number of rotatable bonds is 5. The number of hydrogen-bond acceptors (Lipinski definition) is 1. The fourth-order valence-electron chi connectivity index (χ4n) is 2.56. The summed E-state index contributed by atoms with van der Waals surface area (Å²) in [6.07, 6.45) is 3.20. The molecular weight excluding hydrogens is 272 g/mol. The number of carbonyl (C=O) groups excluding carboxylic acids is 1. The number of amides is 1. The molecule has 3 aromatic rings. The van der Waals surface area contributed by atoms with Crippen molar-refractivity contribution < 1.29 is 4.79 Å². The van der Waals surface area contributed by atoms with Crippen molar-refractivity contribution in [3.05, 3.63) is 71.4 Å². The Balaban J connectivity index is 1.50. The van der Waals surface area contributed by atoms with E-state index in [1.807, 2.05) is 24.4 Å². The molecule has 22 heavy (non-hydrogen) atoms. The second kappa shape index (κ2) is 6.48.